The first-order valence-corrected chi connectivity index (χ1v) is 5.75. The number of aryl methyl sites for hydroxylation is 2. The molecule has 0 radical (unpaired) electrons. The molecule has 0 aliphatic carbocycles. The molecule has 0 aromatic carbocycles. The van der Waals surface area contributed by atoms with Crippen molar-refractivity contribution in [3.63, 3.8) is 0 Å². The number of hydrogen-bond acceptors (Lipinski definition) is 4. The molecule has 1 aromatic rings. The smallest absolute Gasteiger partial charge is 0.222 e. The number of likely N-dealkylation sites (N-methyl/N-ethyl adjacent to an activating group) is 1. The molecule has 1 N–H and O–H groups in total. The van der Waals surface area contributed by atoms with Crippen LogP contribution in [0.3, 0.4) is 0 Å². The first-order valence-electron chi connectivity index (χ1n) is 5.75. The lowest BCUT2D eigenvalue weighted by molar-refractivity contribution is -0.131. The molecule has 1 atom stereocenters. The molecule has 0 saturated heterocycles. The molecular formula is C12H20N2O3. The van der Waals surface area contributed by atoms with Crippen molar-refractivity contribution in [2.24, 2.45) is 0 Å². The molecular weight excluding hydrogens is 220 g/mol. The van der Waals surface area contributed by atoms with Crippen LogP contribution in [0.15, 0.2) is 4.52 Å². The zero-order valence-electron chi connectivity index (χ0n) is 10.9. The Labute approximate surface area is 101 Å². The molecule has 0 aliphatic rings. The van der Waals surface area contributed by atoms with Crippen LogP contribution >= 0.6 is 0 Å². The van der Waals surface area contributed by atoms with Crippen LogP contribution in [0.2, 0.25) is 0 Å². The topological polar surface area (TPSA) is 66.6 Å². The summed E-state index contributed by atoms with van der Waals surface area (Å²) in [5.74, 6) is 0.791. The summed E-state index contributed by atoms with van der Waals surface area (Å²) >= 11 is 0. The fourth-order valence-corrected chi connectivity index (χ4v) is 1.78. The normalized spacial score (nSPS) is 12.5. The Morgan fingerprint density at radius 2 is 2.18 bits per heavy atom. The standard InChI is InChI=1S/C12H20N2O3/c1-8(15)7-14(4)12(16)6-5-11-9(2)13-17-10(11)3/h8,15H,5-7H2,1-4H3. The van der Waals surface area contributed by atoms with Crippen molar-refractivity contribution in [3.8, 4) is 0 Å². The summed E-state index contributed by atoms with van der Waals surface area (Å²) in [4.78, 5) is 13.3. The van der Waals surface area contributed by atoms with Crippen molar-refractivity contribution >= 4 is 5.91 Å². The summed E-state index contributed by atoms with van der Waals surface area (Å²) in [5.41, 5.74) is 1.84. The van der Waals surface area contributed by atoms with E-state index in [1.54, 1.807) is 18.9 Å². The molecule has 1 amide bonds. The van der Waals surface area contributed by atoms with Crippen LogP contribution in [0, 0.1) is 13.8 Å². The summed E-state index contributed by atoms with van der Waals surface area (Å²) in [6.45, 7) is 5.74. The van der Waals surface area contributed by atoms with Gasteiger partial charge in [-0.05, 0) is 27.2 Å². The highest BCUT2D eigenvalue weighted by Crippen LogP contribution is 2.14. The molecule has 0 spiro atoms. The van der Waals surface area contributed by atoms with Gasteiger partial charge in [0.15, 0.2) is 0 Å². The van der Waals surface area contributed by atoms with Crippen molar-refractivity contribution in [2.75, 3.05) is 13.6 Å². The predicted octanol–water partition coefficient (Wildman–Crippen LogP) is 1.06. The van der Waals surface area contributed by atoms with Crippen LogP contribution in [0.25, 0.3) is 0 Å². The molecule has 0 bridgehead atoms. The zero-order valence-corrected chi connectivity index (χ0v) is 10.9. The van der Waals surface area contributed by atoms with Gasteiger partial charge in [-0.25, -0.2) is 0 Å². The molecule has 5 heteroatoms. The Hall–Kier alpha value is -1.36. The lowest BCUT2D eigenvalue weighted by Gasteiger charge is -2.18. The van der Waals surface area contributed by atoms with Crippen LogP contribution in [-0.2, 0) is 11.2 Å². The first kappa shape index (κ1) is 13.7. The molecule has 17 heavy (non-hydrogen) atoms. The van der Waals surface area contributed by atoms with Crippen molar-refractivity contribution in [1.29, 1.82) is 0 Å². The van der Waals surface area contributed by atoms with E-state index in [0.717, 1.165) is 17.0 Å². The van der Waals surface area contributed by atoms with Crippen molar-refractivity contribution in [1.82, 2.24) is 10.1 Å². The Kier molecular flexibility index (Phi) is 4.69. The zero-order chi connectivity index (χ0) is 13.0. The van der Waals surface area contributed by atoms with Crippen LogP contribution < -0.4 is 0 Å². The highest BCUT2D eigenvalue weighted by atomic mass is 16.5. The maximum atomic E-state index is 11.8. The van der Waals surface area contributed by atoms with Gasteiger partial charge in [0.25, 0.3) is 0 Å². The summed E-state index contributed by atoms with van der Waals surface area (Å²) in [6.07, 6.45) is 0.541. The van der Waals surface area contributed by atoms with E-state index in [4.69, 9.17) is 4.52 Å². The van der Waals surface area contributed by atoms with E-state index in [1.807, 2.05) is 13.8 Å². The second-order valence-corrected chi connectivity index (χ2v) is 4.43. The fourth-order valence-electron chi connectivity index (χ4n) is 1.78. The van der Waals surface area contributed by atoms with Crippen LogP contribution in [-0.4, -0.2) is 40.8 Å². The number of hydrogen-bond donors (Lipinski definition) is 1. The van der Waals surface area contributed by atoms with Crippen LogP contribution in [0.4, 0.5) is 0 Å². The third-order valence-electron chi connectivity index (χ3n) is 2.73. The third-order valence-corrected chi connectivity index (χ3v) is 2.73. The number of carbonyl (C=O) groups excluding carboxylic acids is 1. The Bertz CT molecular complexity index is 366. The molecule has 0 fully saturated rings. The van der Waals surface area contributed by atoms with Gasteiger partial charge in [0.1, 0.15) is 5.76 Å². The lowest BCUT2D eigenvalue weighted by atomic mass is 10.1. The number of aromatic nitrogens is 1. The van der Waals surface area contributed by atoms with E-state index in [0.29, 0.717) is 19.4 Å². The molecule has 1 unspecified atom stereocenters. The average molecular weight is 240 g/mol. The number of rotatable bonds is 5. The van der Waals surface area contributed by atoms with E-state index < -0.39 is 6.10 Å². The SMILES string of the molecule is Cc1noc(C)c1CCC(=O)N(C)CC(C)O. The number of amides is 1. The van der Waals surface area contributed by atoms with Gasteiger partial charge in [-0.1, -0.05) is 5.16 Å². The Morgan fingerprint density at radius 1 is 1.53 bits per heavy atom. The van der Waals surface area contributed by atoms with Gasteiger partial charge in [0.05, 0.1) is 11.8 Å². The largest absolute Gasteiger partial charge is 0.392 e. The van der Waals surface area contributed by atoms with E-state index >= 15 is 0 Å². The number of aliphatic hydroxyl groups excluding tert-OH is 1. The van der Waals surface area contributed by atoms with Gasteiger partial charge < -0.3 is 14.5 Å². The maximum absolute atomic E-state index is 11.8. The monoisotopic (exact) mass is 240 g/mol. The molecule has 1 heterocycles. The minimum Gasteiger partial charge on any atom is -0.392 e. The summed E-state index contributed by atoms with van der Waals surface area (Å²) < 4.78 is 5.04. The highest BCUT2D eigenvalue weighted by molar-refractivity contribution is 5.76. The number of aliphatic hydroxyl groups is 1. The van der Waals surface area contributed by atoms with Crippen molar-refractivity contribution < 1.29 is 14.4 Å². The van der Waals surface area contributed by atoms with E-state index in [9.17, 15) is 9.90 Å². The lowest BCUT2D eigenvalue weighted by Crippen LogP contribution is -2.33. The van der Waals surface area contributed by atoms with E-state index in [2.05, 4.69) is 5.16 Å². The summed E-state index contributed by atoms with van der Waals surface area (Å²) in [5, 5.41) is 13.0. The summed E-state index contributed by atoms with van der Waals surface area (Å²) in [7, 11) is 1.70. The third kappa shape index (κ3) is 3.85. The molecule has 0 saturated carbocycles. The van der Waals surface area contributed by atoms with Gasteiger partial charge in [0.2, 0.25) is 5.91 Å². The van der Waals surface area contributed by atoms with E-state index in [-0.39, 0.29) is 5.91 Å². The molecule has 5 nitrogen and oxygen atoms in total. The van der Waals surface area contributed by atoms with Gasteiger partial charge in [-0.2, -0.15) is 0 Å². The predicted molar refractivity (Wildman–Crippen MR) is 63.6 cm³/mol. The van der Waals surface area contributed by atoms with Gasteiger partial charge in [0, 0.05) is 25.6 Å². The van der Waals surface area contributed by atoms with Crippen molar-refractivity contribution in [2.45, 2.75) is 39.7 Å². The van der Waals surface area contributed by atoms with Crippen LogP contribution in [0.1, 0.15) is 30.4 Å². The van der Waals surface area contributed by atoms with Crippen LogP contribution in [0.5, 0.6) is 0 Å². The van der Waals surface area contributed by atoms with Gasteiger partial charge in [-0.3, -0.25) is 4.79 Å². The highest BCUT2D eigenvalue weighted by Gasteiger charge is 2.14. The second-order valence-electron chi connectivity index (χ2n) is 4.43. The number of nitrogens with zero attached hydrogens (tertiary/aromatic N) is 2. The molecule has 1 rings (SSSR count). The Balaban J connectivity index is 2.48. The maximum Gasteiger partial charge on any atom is 0.222 e. The average Bonchev–Trinajstić information content (AvgIpc) is 2.54. The number of carbonyl (C=O) groups is 1. The molecule has 0 aliphatic heterocycles. The summed E-state index contributed by atoms with van der Waals surface area (Å²) in [6, 6.07) is 0. The molecule has 1 aromatic heterocycles. The van der Waals surface area contributed by atoms with Crippen molar-refractivity contribution in [3.05, 3.63) is 17.0 Å². The van der Waals surface area contributed by atoms with Gasteiger partial charge in [-0.15, -0.1) is 0 Å². The minimum absolute atomic E-state index is 0.0194. The molecule has 96 valence electrons. The van der Waals surface area contributed by atoms with E-state index in [1.165, 1.54) is 0 Å². The minimum atomic E-state index is -0.497. The quantitative estimate of drug-likeness (QED) is 0.835. The fraction of sp³-hybridized carbons (Fsp3) is 0.667. The second kappa shape index (κ2) is 5.82. The Morgan fingerprint density at radius 3 is 2.65 bits per heavy atom. The first-order chi connectivity index (χ1) is 7.91. The van der Waals surface area contributed by atoms with Gasteiger partial charge >= 0.3 is 0 Å².